The summed E-state index contributed by atoms with van der Waals surface area (Å²) >= 11 is 1.41. The maximum atomic E-state index is 13.2. The first-order valence-electron chi connectivity index (χ1n) is 9.10. The number of hydrogen-bond acceptors (Lipinski definition) is 5. The molecule has 138 valence electrons. The summed E-state index contributed by atoms with van der Waals surface area (Å²) in [7, 11) is 1.85. The van der Waals surface area contributed by atoms with Crippen LogP contribution in [0.4, 0.5) is 11.5 Å². The fourth-order valence-corrected chi connectivity index (χ4v) is 4.43. The van der Waals surface area contributed by atoms with E-state index in [9.17, 15) is 4.79 Å². The van der Waals surface area contributed by atoms with E-state index in [1.807, 2.05) is 61.3 Å². The molecule has 0 saturated carbocycles. The number of carbonyl (C=O) groups is 1. The van der Waals surface area contributed by atoms with E-state index >= 15 is 0 Å². The third-order valence-electron chi connectivity index (χ3n) is 4.89. The van der Waals surface area contributed by atoms with Crippen molar-refractivity contribution in [1.82, 2.24) is 9.97 Å². The fourth-order valence-electron chi connectivity index (χ4n) is 3.60. The molecule has 0 radical (unpaired) electrons. The molecule has 1 aliphatic heterocycles. The number of nitrogens with zero attached hydrogens (tertiary/aromatic N) is 3. The highest BCUT2D eigenvalue weighted by Crippen LogP contribution is 2.35. The molecule has 27 heavy (non-hydrogen) atoms. The summed E-state index contributed by atoms with van der Waals surface area (Å²) in [6, 6.07) is 16.2. The molecule has 3 aromatic rings. The minimum atomic E-state index is -0.274. The van der Waals surface area contributed by atoms with E-state index in [1.54, 1.807) is 0 Å². The van der Waals surface area contributed by atoms with Crippen LogP contribution in [0.25, 0.3) is 10.9 Å². The number of hydrogen-bond donors (Lipinski definition) is 1. The van der Waals surface area contributed by atoms with Crippen LogP contribution >= 0.6 is 11.8 Å². The van der Waals surface area contributed by atoms with Crippen LogP contribution in [0.5, 0.6) is 0 Å². The summed E-state index contributed by atoms with van der Waals surface area (Å²) in [4.78, 5) is 24.3. The molecule has 0 fully saturated rings. The SMILES string of the molecule is CNc1nc(S[C@H](C)C(=O)N2c3ccccc3C[C@@H]2C)nc2ccccc12. The average molecular weight is 379 g/mol. The first kappa shape index (κ1) is 17.8. The van der Waals surface area contributed by atoms with Gasteiger partial charge < -0.3 is 10.2 Å². The Bertz CT molecular complexity index is 1010. The van der Waals surface area contributed by atoms with Gasteiger partial charge in [0.05, 0.1) is 10.8 Å². The Labute approximate surface area is 163 Å². The standard InChI is InChI=1S/C21H22N4OS/c1-13-12-15-8-4-7-11-18(15)25(13)20(26)14(2)27-21-23-17-10-6-5-9-16(17)19(22-3)24-21/h4-11,13-14H,12H2,1-3H3,(H,22,23,24)/t13-,14+/m0/s1. The maximum Gasteiger partial charge on any atom is 0.240 e. The average Bonchev–Trinajstić information content (AvgIpc) is 3.02. The summed E-state index contributed by atoms with van der Waals surface area (Å²) in [5.41, 5.74) is 3.13. The van der Waals surface area contributed by atoms with Gasteiger partial charge in [0.15, 0.2) is 5.16 Å². The van der Waals surface area contributed by atoms with Gasteiger partial charge in [-0.1, -0.05) is 42.1 Å². The molecule has 2 heterocycles. The molecule has 0 unspecified atom stereocenters. The van der Waals surface area contributed by atoms with Crippen molar-refractivity contribution < 1.29 is 4.79 Å². The number of aromatic nitrogens is 2. The van der Waals surface area contributed by atoms with Crippen LogP contribution in [0.2, 0.25) is 0 Å². The Morgan fingerprint density at radius 3 is 2.74 bits per heavy atom. The predicted octanol–water partition coefficient (Wildman–Crippen LogP) is 4.13. The van der Waals surface area contributed by atoms with Gasteiger partial charge in [-0.25, -0.2) is 9.97 Å². The van der Waals surface area contributed by atoms with Crippen molar-refractivity contribution in [2.24, 2.45) is 0 Å². The van der Waals surface area contributed by atoms with Crippen molar-refractivity contribution in [2.75, 3.05) is 17.3 Å². The van der Waals surface area contributed by atoms with Gasteiger partial charge in [0.1, 0.15) is 5.82 Å². The van der Waals surface area contributed by atoms with E-state index in [1.165, 1.54) is 17.3 Å². The number of amides is 1. The first-order valence-corrected chi connectivity index (χ1v) is 9.98. The molecule has 5 nitrogen and oxygen atoms in total. The fraction of sp³-hybridized carbons (Fsp3) is 0.286. The van der Waals surface area contributed by atoms with E-state index in [2.05, 4.69) is 28.3 Å². The van der Waals surface area contributed by atoms with Crippen LogP contribution in [-0.4, -0.2) is 34.2 Å². The van der Waals surface area contributed by atoms with Crippen molar-refractivity contribution in [3.8, 4) is 0 Å². The highest BCUT2D eigenvalue weighted by molar-refractivity contribution is 8.00. The second-order valence-electron chi connectivity index (χ2n) is 6.77. The van der Waals surface area contributed by atoms with Gasteiger partial charge >= 0.3 is 0 Å². The molecule has 2 atom stereocenters. The van der Waals surface area contributed by atoms with Crippen LogP contribution < -0.4 is 10.2 Å². The Morgan fingerprint density at radius 1 is 1.19 bits per heavy atom. The molecule has 2 aromatic carbocycles. The number of fused-ring (bicyclic) bond motifs is 2. The molecule has 1 aromatic heterocycles. The zero-order valence-corrected chi connectivity index (χ0v) is 16.5. The third-order valence-corrected chi connectivity index (χ3v) is 5.84. The lowest BCUT2D eigenvalue weighted by Crippen LogP contribution is -2.40. The lowest BCUT2D eigenvalue weighted by atomic mass is 10.1. The Morgan fingerprint density at radius 2 is 1.93 bits per heavy atom. The van der Waals surface area contributed by atoms with Crippen LogP contribution in [0.15, 0.2) is 53.7 Å². The van der Waals surface area contributed by atoms with E-state index < -0.39 is 0 Å². The zero-order valence-electron chi connectivity index (χ0n) is 15.6. The van der Waals surface area contributed by atoms with Crippen molar-refractivity contribution in [1.29, 1.82) is 0 Å². The van der Waals surface area contributed by atoms with Gasteiger partial charge in [0, 0.05) is 24.2 Å². The van der Waals surface area contributed by atoms with Gasteiger partial charge in [0.2, 0.25) is 5.91 Å². The lowest BCUT2D eigenvalue weighted by molar-refractivity contribution is -0.118. The molecular formula is C21H22N4OS. The monoisotopic (exact) mass is 378 g/mol. The van der Waals surface area contributed by atoms with Crippen molar-refractivity contribution in [3.63, 3.8) is 0 Å². The highest BCUT2D eigenvalue weighted by atomic mass is 32.2. The second-order valence-corrected chi connectivity index (χ2v) is 8.08. The van der Waals surface area contributed by atoms with Crippen LogP contribution in [0, 0.1) is 0 Å². The summed E-state index contributed by atoms with van der Waals surface area (Å²) in [5, 5.41) is 4.44. The topological polar surface area (TPSA) is 58.1 Å². The van der Waals surface area contributed by atoms with Gasteiger partial charge in [-0.05, 0) is 44.0 Å². The number of rotatable bonds is 4. The molecule has 0 aliphatic carbocycles. The normalized spacial score (nSPS) is 17.0. The molecule has 1 N–H and O–H groups in total. The molecule has 1 amide bonds. The maximum absolute atomic E-state index is 13.2. The summed E-state index contributed by atoms with van der Waals surface area (Å²) in [6.07, 6.45) is 0.898. The smallest absolute Gasteiger partial charge is 0.240 e. The molecular weight excluding hydrogens is 356 g/mol. The second kappa shape index (κ2) is 7.19. The number of anilines is 2. The largest absolute Gasteiger partial charge is 0.372 e. The Hall–Kier alpha value is -2.60. The minimum absolute atomic E-state index is 0.0974. The number of para-hydroxylation sites is 2. The molecule has 4 rings (SSSR count). The molecule has 6 heteroatoms. The summed E-state index contributed by atoms with van der Waals surface area (Å²) in [5.74, 6) is 0.878. The molecule has 0 saturated heterocycles. The highest BCUT2D eigenvalue weighted by Gasteiger charge is 2.33. The molecule has 0 spiro atoms. The van der Waals surface area contributed by atoms with Crippen LogP contribution in [0.1, 0.15) is 19.4 Å². The van der Waals surface area contributed by atoms with E-state index in [0.29, 0.717) is 5.16 Å². The number of thioether (sulfide) groups is 1. The minimum Gasteiger partial charge on any atom is -0.372 e. The number of carbonyl (C=O) groups excluding carboxylic acids is 1. The third kappa shape index (κ3) is 3.25. The quantitative estimate of drug-likeness (QED) is 0.546. The van der Waals surface area contributed by atoms with Crippen molar-refractivity contribution >= 4 is 40.1 Å². The zero-order chi connectivity index (χ0) is 19.0. The summed E-state index contributed by atoms with van der Waals surface area (Å²) < 4.78 is 0. The van der Waals surface area contributed by atoms with Gasteiger partial charge in [0.25, 0.3) is 0 Å². The van der Waals surface area contributed by atoms with Crippen LogP contribution in [-0.2, 0) is 11.2 Å². The molecule has 1 aliphatic rings. The predicted molar refractivity (Wildman–Crippen MR) is 111 cm³/mol. The first-order chi connectivity index (χ1) is 13.1. The lowest BCUT2D eigenvalue weighted by Gasteiger charge is -2.25. The van der Waals surface area contributed by atoms with E-state index in [0.717, 1.165) is 28.8 Å². The van der Waals surface area contributed by atoms with Crippen molar-refractivity contribution in [3.05, 3.63) is 54.1 Å². The van der Waals surface area contributed by atoms with Crippen molar-refractivity contribution in [2.45, 2.75) is 36.7 Å². The van der Waals surface area contributed by atoms with E-state index in [4.69, 9.17) is 0 Å². The Balaban J connectivity index is 1.60. The van der Waals surface area contributed by atoms with Gasteiger partial charge in [-0.15, -0.1) is 0 Å². The molecule has 0 bridgehead atoms. The summed E-state index contributed by atoms with van der Waals surface area (Å²) in [6.45, 7) is 4.03. The Kier molecular flexibility index (Phi) is 4.74. The van der Waals surface area contributed by atoms with Gasteiger partial charge in [-0.3, -0.25) is 4.79 Å². The van der Waals surface area contributed by atoms with E-state index in [-0.39, 0.29) is 17.2 Å². The van der Waals surface area contributed by atoms with Crippen LogP contribution in [0.3, 0.4) is 0 Å². The number of benzene rings is 2. The van der Waals surface area contributed by atoms with Gasteiger partial charge in [-0.2, -0.15) is 0 Å². The number of nitrogens with one attached hydrogen (secondary N) is 1.